The number of benzene rings is 2. The fourth-order valence-electron chi connectivity index (χ4n) is 2.64. The summed E-state index contributed by atoms with van der Waals surface area (Å²) in [6, 6.07) is 16.4. The molecule has 1 aliphatic rings. The molecule has 0 atom stereocenters. The molecule has 0 radical (unpaired) electrons. The summed E-state index contributed by atoms with van der Waals surface area (Å²) in [5, 5.41) is 2.77. The molecule has 1 aliphatic heterocycles. The van der Waals surface area contributed by atoms with Crippen LogP contribution >= 0.6 is 15.9 Å². The molecule has 0 spiro atoms. The van der Waals surface area contributed by atoms with Crippen LogP contribution in [0.5, 0.6) is 0 Å². The van der Waals surface area contributed by atoms with Gasteiger partial charge in [0.15, 0.2) is 0 Å². The summed E-state index contributed by atoms with van der Waals surface area (Å²) < 4.78 is 6.21. The lowest BCUT2D eigenvalue weighted by atomic mass is 10.1. The van der Waals surface area contributed by atoms with Crippen LogP contribution in [0.25, 0.3) is 6.08 Å². The van der Waals surface area contributed by atoms with E-state index in [1.165, 1.54) is 0 Å². The van der Waals surface area contributed by atoms with E-state index in [9.17, 15) is 9.59 Å². The minimum atomic E-state index is -0.312. The van der Waals surface area contributed by atoms with Gasteiger partial charge in [-0.25, -0.2) is 0 Å². The Kier molecular flexibility index (Phi) is 6.20. The predicted octanol–water partition coefficient (Wildman–Crippen LogP) is 3.08. The molecule has 5 nitrogen and oxygen atoms in total. The fourth-order valence-corrected chi connectivity index (χ4v) is 3.05. The largest absolute Gasteiger partial charge is 0.378 e. The Hall–Kier alpha value is -2.44. The molecule has 1 heterocycles. The quantitative estimate of drug-likeness (QED) is 0.781. The number of carbonyl (C=O) groups excluding carboxylic acids is 2. The Morgan fingerprint density at radius 1 is 1.04 bits per heavy atom. The third kappa shape index (κ3) is 4.80. The van der Waals surface area contributed by atoms with Crippen LogP contribution in [0.3, 0.4) is 0 Å². The monoisotopic (exact) mass is 414 g/mol. The number of morpholine rings is 1. The number of amides is 2. The maximum Gasteiger partial charge on any atom is 0.270 e. The Bertz CT molecular complexity index is 815. The lowest BCUT2D eigenvalue weighted by molar-refractivity contribution is -0.131. The molecule has 26 heavy (non-hydrogen) atoms. The van der Waals surface area contributed by atoms with Crippen LogP contribution in [0.2, 0.25) is 0 Å². The standard InChI is InChI=1S/C20H19BrN2O3/c21-17-8-4-5-15(13-17)14-18(20(25)23-9-11-26-12-10-23)22-19(24)16-6-2-1-3-7-16/h1-8,13-14H,9-12H2,(H,22,24). The van der Waals surface area contributed by atoms with Crippen LogP contribution in [-0.4, -0.2) is 43.0 Å². The van der Waals surface area contributed by atoms with Gasteiger partial charge in [0.05, 0.1) is 13.2 Å². The molecule has 0 aliphatic carbocycles. The smallest absolute Gasteiger partial charge is 0.270 e. The van der Waals surface area contributed by atoms with E-state index in [1.807, 2.05) is 30.3 Å². The van der Waals surface area contributed by atoms with Gasteiger partial charge in [-0.2, -0.15) is 0 Å². The van der Waals surface area contributed by atoms with Gasteiger partial charge >= 0.3 is 0 Å². The zero-order chi connectivity index (χ0) is 18.4. The minimum absolute atomic E-state index is 0.211. The molecule has 0 bridgehead atoms. The van der Waals surface area contributed by atoms with Gasteiger partial charge in [-0.1, -0.05) is 46.3 Å². The first kappa shape index (κ1) is 18.4. The second kappa shape index (κ2) is 8.78. The fraction of sp³-hybridized carbons (Fsp3) is 0.200. The molecule has 134 valence electrons. The van der Waals surface area contributed by atoms with E-state index in [0.29, 0.717) is 31.9 Å². The van der Waals surface area contributed by atoms with Crippen molar-refractivity contribution in [2.75, 3.05) is 26.3 Å². The van der Waals surface area contributed by atoms with Crippen LogP contribution in [0.1, 0.15) is 15.9 Å². The predicted molar refractivity (Wildman–Crippen MR) is 103 cm³/mol. The van der Waals surface area contributed by atoms with Gasteiger partial charge in [-0.15, -0.1) is 0 Å². The molecule has 0 unspecified atom stereocenters. The third-order valence-electron chi connectivity index (χ3n) is 3.97. The second-order valence-corrected chi connectivity index (χ2v) is 6.75. The van der Waals surface area contributed by atoms with Gasteiger partial charge in [0.1, 0.15) is 5.70 Å². The van der Waals surface area contributed by atoms with Gasteiger partial charge in [0, 0.05) is 23.1 Å². The number of nitrogens with zero attached hydrogens (tertiary/aromatic N) is 1. The first-order valence-corrected chi connectivity index (χ1v) is 9.13. The van der Waals surface area contributed by atoms with Crippen LogP contribution in [0.15, 0.2) is 64.8 Å². The van der Waals surface area contributed by atoms with E-state index >= 15 is 0 Å². The molecular weight excluding hydrogens is 396 g/mol. The van der Waals surface area contributed by atoms with E-state index in [0.717, 1.165) is 10.0 Å². The maximum absolute atomic E-state index is 12.9. The Morgan fingerprint density at radius 2 is 1.77 bits per heavy atom. The maximum atomic E-state index is 12.9. The molecule has 3 rings (SSSR count). The van der Waals surface area contributed by atoms with Crippen molar-refractivity contribution in [3.63, 3.8) is 0 Å². The highest BCUT2D eigenvalue weighted by molar-refractivity contribution is 9.10. The van der Waals surface area contributed by atoms with Gasteiger partial charge in [0.2, 0.25) is 0 Å². The van der Waals surface area contributed by atoms with Crippen LogP contribution in [0.4, 0.5) is 0 Å². The summed E-state index contributed by atoms with van der Waals surface area (Å²) in [7, 11) is 0. The van der Waals surface area contributed by atoms with Crippen LogP contribution < -0.4 is 5.32 Å². The SMILES string of the molecule is O=C(NC(=Cc1cccc(Br)c1)C(=O)N1CCOCC1)c1ccccc1. The van der Waals surface area contributed by atoms with Crippen LogP contribution in [-0.2, 0) is 9.53 Å². The average molecular weight is 415 g/mol. The van der Waals surface area contributed by atoms with E-state index in [-0.39, 0.29) is 17.5 Å². The third-order valence-corrected chi connectivity index (χ3v) is 4.47. The molecule has 2 aromatic rings. The molecule has 6 heteroatoms. The Balaban J connectivity index is 1.87. The zero-order valence-corrected chi connectivity index (χ0v) is 15.7. The van der Waals surface area contributed by atoms with Crippen molar-refractivity contribution >= 4 is 33.8 Å². The summed E-state index contributed by atoms with van der Waals surface area (Å²) in [4.78, 5) is 27.2. The first-order valence-electron chi connectivity index (χ1n) is 8.34. The number of hydrogen-bond donors (Lipinski definition) is 1. The molecule has 1 saturated heterocycles. The lowest BCUT2D eigenvalue weighted by Crippen LogP contribution is -2.44. The van der Waals surface area contributed by atoms with Crippen molar-refractivity contribution in [3.05, 3.63) is 75.9 Å². The summed E-state index contributed by atoms with van der Waals surface area (Å²) in [5.41, 5.74) is 1.57. The average Bonchev–Trinajstić information content (AvgIpc) is 2.68. The topological polar surface area (TPSA) is 58.6 Å². The minimum Gasteiger partial charge on any atom is -0.378 e. The van der Waals surface area contributed by atoms with Gasteiger partial charge in [-0.05, 0) is 35.9 Å². The van der Waals surface area contributed by atoms with Crippen molar-refractivity contribution in [3.8, 4) is 0 Å². The molecule has 1 N–H and O–H groups in total. The highest BCUT2D eigenvalue weighted by Crippen LogP contribution is 2.15. The highest BCUT2D eigenvalue weighted by atomic mass is 79.9. The number of rotatable bonds is 4. The van der Waals surface area contributed by atoms with E-state index < -0.39 is 0 Å². The lowest BCUT2D eigenvalue weighted by Gasteiger charge is -2.27. The van der Waals surface area contributed by atoms with E-state index in [2.05, 4.69) is 21.2 Å². The number of carbonyl (C=O) groups is 2. The molecule has 0 aromatic heterocycles. The molecular formula is C20H19BrN2O3. The van der Waals surface area contributed by atoms with Gasteiger partial charge < -0.3 is 15.0 Å². The van der Waals surface area contributed by atoms with Crippen LogP contribution in [0, 0.1) is 0 Å². The highest BCUT2D eigenvalue weighted by Gasteiger charge is 2.22. The number of hydrogen-bond acceptors (Lipinski definition) is 3. The van der Waals surface area contributed by atoms with Gasteiger partial charge in [0.25, 0.3) is 11.8 Å². The first-order chi connectivity index (χ1) is 12.6. The van der Waals surface area contributed by atoms with Crippen molar-refractivity contribution < 1.29 is 14.3 Å². The second-order valence-electron chi connectivity index (χ2n) is 5.84. The van der Waals surface area contributed by atoms with Crippen molar-refractivity contribution in [1.29, 1.82) is 0 Å². The van der Waals surface area contributed by atoms with E-state index in [4.69, 9.17) is 4.74 Å². The summed E-state index contributed by atoms with van der Waals surface area (Å²) >= 11 is 3.42. The molecule has 1 fully saturated rings. The summed E-state index contributed by atoms with van der Waals surface area (Å²) in [6.45, 7) is 2.02. The molecule has 2 aromatic carbocycles. The molecule has 2 amide bonds. The Labute approximate surface area is 160 Å². The normalized spacial score (nSPS) is 14.8. The number of ether oxygens (including phenoxy) is 1. The number of halogens is 1. The van der Waals surface area contributed by atoms with E-state index in [1.54, 1.807) is 35.2 Å². The van der Waals surface area contributed by atoms with Crippen molar-refractivity contribution in [1.82, 2.24) is 10.2 Å². The summed E-state index contributed by atoms with van der Waals surface area (Å²) in [6.07, 6.45) is 1.70. The van der Waals surface area contributed by atoms with Crippen molar-refractivity contribution in [2.24, 2.45) is 0 Å². The number of nitrogens with one attached hydrogen (secondary N) is 1. The zero-order valence-electron chi connectivity index (χ0n) is 14.2. The van der Waals surface area contributed by atoms with Crippen molar-refractivity contribution in [2.45, 2.75) is 0 Å². The Morgan fingerprint density at radius 3 is 2.46 bits per heavy atom. The molecule has 0 saturated carbocycles. The van der Waals surface area contributed by atoms with Gasteiger partial charge in [-0.3, -0.25) is 9.59 Å². The summed E-state index contributed by atoms with van der Waals surface area (Å²) in [5.74, 6) is -0.522.